The maximum absolute atomic E-state index is 12.6. The van der Waals surface area contributed by atoms with Crippen LogP contribution in [0.3, 0.4) is 0 Å². The van der Waals surface area contributed by atoms with Gasteiger partial charge in [-0.05, 0) is 66.6 Å². The summed E-state index contributed by atoms with van der Waals surface area (Å²) in [6.07, 6.45) is 8.43. The normalized spacial score (nSPS) is 10.9. The molecule has 0 amide bonds. The number of nitro benzene ring substituents is 1. The molecule has 8 nitrogen and oxygen atoms in total. The molecular formula is C27H23N3O5. The number of rotatable bonds is 9. The van der Waals surface area contributed by atoms with Crippen molar-refractivity contribution in [2.24, 2.45) is 0 Å². The van der Waals surface area contributed by atoms with Crippen molar-refractivity contribution in [3.8, 4) is 17.2 Å². The molecule has 3 aromatic carbocycles. The standard InChI is InChI=1S/C27H23N3O5/c1-19-3-11-27(24(15-19)30(32)33)35-17-22-16-20(5-12-26(22)34-2)4-10-25(31)21-6-8-23(9-7-21)29-14-13-28-18-29/h3-16,18H,17H2,1-2H3/b10-4+. The summed E-state index contributed by atoms with van der Waals surface area (Å²) in [5.74, 6) is 0.627. The van der Waals surface area contributed by atoms with Crippen LogP contribution in [0.5, 0.6) is 11.5 Å². The molecule has 4 aromatic rings. The van der Waals surface area contributed by atoms with Crippen LogP contribution in [-0.4, -0.2) is 27.4 Å². The molecule has 0 unspecified atom stereocenters. The first-order valence-corrected chi connectivity index (χ1v) is 10.8. The molecule has 0 aliphatic carbocycles. The minimum atomic E-state index is -0.466. The van der Waals surface area contributed by atoms with E-state index in [1.54, 1.807) is 63.0 Å². The minimum Gasteiger partial charge on any atom is -0.496 e. The summed E-state index contributed by atoms with van der Waals surface area (Å²) in [5.41, 5.74) is 3.62. The smallest absolute Gasteiger partial charge is 0.311 e. The number of benzene rings is 3. The molecule has 35 heavy (non-hydrogen) atoms. The second-order valence-electron chi connectivity index (χ2n) is 7.80. The van der Waals surface area contributed by atoms with E-state index in [4.69, 9.17) is 9.47 Å². The fourth-order valence-electron chi connectivity index (χ4n) is 3.54. The number of nitrogens with zero attached hydrogens (tertiary/aromatic N) is 3. The molecule has 4 rings (SSSR count). The summed E-state index contributed by atoms with van der Waals surface area (Å²) in [4.78, 5) is 27.6. The molecule has 0 fully saturated rings. The van der Waals surface area contributed by atoms with Crippen molar-refractivity contribution < 1.29 is 19.2 Å². The first-order valence-electron chi connectivity index (χ1n) is 10.8. The third-order valence-corrected chi connectivity index (χ3v) is 5.38. The number of nitro groups is 1. The van der Waals surface area contributed by atoms with Crippen molar-refractivity contribution in [3.05, 3.63) is 118 Å². The lowest BCUT2D eigenvalue weighted by atomic mass is 10.1. The Balaban J connectivity index is 1.48. The second kappa shape index (κ2) is 10.5. The Bertz CT molecular complexity index is 1380. The molecule has 0 aliphatic rings. The van der Waals surface area contributed by atoms with Gasteiger partial charge in [0.2, 0.25) is 0 Å². The zero-order valence-corrected chi connectivity index (χ0v) is 19.3. The van der Waals surface area contributed by atoms with Crippen molar-refractivity contribution in [3.63, 3.8) is 0 Å². The number of aryl methyl sites for hydroxylation is 1. The van der Waals surface area contributed by atoms with Crippen LogP contribution in [-0.2, 0) is 6.61 Å². The van der Waals surface area contributed by atoms with Gasteiger partial charge in [-0.25, -0.2) is 4.98 Å². The molecule has 176 valence electrons. The van der Waals surface area contributed by atoms with Gasteiger partial charge in [0.15, 0.2) is 11.5 Å². The number of ketones is 1. The molecule has 0 aliphatic heterocycles. The Hall–Kier alpha value is -4.72. The maximum Gasteiger partial charge on any atom is 0.311 e. The van der Waals surface area contributed by atoms with Crippen LogP contribution in [0.15, 0.2) is 85.5 Å². The highest BCUT2D eigenvalue weighted by molar-refractivity contribution is 6.06. The Kier molecular flexibility index (Phi) is 7.02. The van der Waals surface area contributed by atoms with Gasteiger partial charge in [-0.3, -0.25) is 14.9 Å². The van der Waals surface area contributed by atoms with Gasteiger partial charge in [0.1, 0.15) is 12.4 Å². The number of aromatic nitrogens is 2. The molecule has 0 bridgehead atoms. The lowest BCUT2D eigenvalue weighted by Gasteiger charge is -2.12. The number of hydrogen-bond acceptors (Lipinski definition) is 6. The highest BCUT2D eigenvalue weighted by Crippen LogP contribution is 2.30. The van der Waals surface area contributed by atoms with Gasteiger partial charge < -0.3 is 14.0 Å². The highest BCUT2D eigenvalue weighted by atomic mass is 16.6. The molecule has 0 spiro atoms. The van der Waals surface area contributed by atoms with Gasteiger partial charge >= 0.3 is 5.69 Å². The van der Waals surface area contributed by atoms with E-state index in [0.29, 0.717) is 16.9 Å². The monoisotopic (exact) mass is 469 g/mol. The summed E-state index contributed by atoms with van der Waals surface area (Å²) in [5, 5.41) is 11.4. The van der Waals surface area contributed by atoms with E-state index in [9.17, 15) is 14.9 Å². The van der Waals surface area contributed by atoms with E-state index in [1.807, 2.05) is 35.0 Å². The summed E-state index contributed by atoms with van der Waals surface area (Å²) >= 11 is 0. The van der Waals surface area contributed by atoms with Gasteiger partial charge in [0.05, 0.1) is 18.4 Å². The van der Waals surface area contributed by atoms with Gasteiger partial charge in [-0.2, -0.15) is 0 Å². The SMILES string of the molecule is COc1ccc(/C=C/C(=O)c2ccc(-n3ccnc3)cc2)cc1COc1ccc(C)cc1[N+](=O)[O-]. The van der Waals surface area contributed by atoms with Gasteiger partial charge in [-0.15, -0.1) is 0 Å². The number of methoxy groups -OCH3 is 1. The third-order valence-electron chi connectivity index (χ3n) is 5.38. The van der Waals surface area contributed by atoms with Crippen molar-refractivity contribution in [2.75, 3.05) is 7.11 Å². The summed E-state index contributed by atoms with van der Waals surface area (Å²) in [6.45, 7) is 1.85. The first-order chi connectivity index (χ1) is 16.9. The van der Waals surface area contributed by atoms with Crippen LogP contribution in [0, 0.1) is 17.0 Å². The molecular weight excluding hydrogens is 446 g/mol. The predicted molar refractivity (Wildman–Crippen MR) is 132 cm³/mol. The highest BCUT2D eigenvalue weighted by Gasteiger charge is 2.16. The zero-order chi connectivity index (χ0) is 24.8. The van der Waals surface area contributed by atoms with E-state index < -0.39 is 4.92 Å². The number of imidazole rings is 1. The Morgan fingerprint density at radius 3 is 2.54 bits per heavy atom. The van der Waals surface area contributed by atoms with E-state index >= 15 is 0 Å². The van der Waals surface area contributed by atoms with Crippen molar-refractivity contribution in [1.29, 1.82) is 0 Å². The maximum atomic E-state index is 12.6. The largest absolute Gasteiger partial charge is 0.496 e. The van der Waals surface area contributed by atoms with Gasteiger partial charge in [-0.1, -0.05) is 18.2 Å². The van der Waals surface area contributed by atoms with Crippen LogP contribution in [0.1, 0.15) is 27.0 Å². The minimum absolute atomic E-state index is 0.0679. The third kappa shape index (κ3) is 5.62. The van der Waals surface area contributed by atoms with E-state index in [2.05, 4.69) is 4.98 Å². The molecule has 0 N–H and O–H groups in total. The van der Waals surface area contributed by atoms with Crippen LogP contribution in [0.25, 0.3) is 11.8 Å². The van der Waals surface area contributed by atoms with E-state index in [-0.39, 0.29) is 23.8 Å². The number of carbonyl (C=O) groups excluding carboxylic acids is 1. The topological polar surface area (TPSA) is 96.5 Å². The van der Waals surface area contributed by atoms with Crippen LogP contribution in [0.4, 0.5) is 5.69 Å². The number of allylic oxidation sites excluding steroid dienone is 1. The molecule has 0 saturated heterocycles. The van der Waals surface area contributed by atoms with Crippen molar-refractivity contribution in [2.45, 2.75) is 13.5 Å². The molecule has 0 saturated carbocycles. The molecule has 1 heterocycles. The summed E-state index contributed by atoms with van der Waals surface area (Å²) in [7, 11) is 1.54. The lowest BCUT2D eigenvalue weighted by molar-refractivity contribution is -0.386. The first kappa shape index (κ1) is 23.4. The summed E-state index contributed by atoms with van der Waals surface area (Å²) < 4.78 is 13.0. The fraction of sp³-hybridized carbons (Fsp3) is 0.111. The number of ether oxygens (including phenoxy) is 2. The average molecular weight is 469 g/mol. The molecule has 0 radical (unpaired) electrons. The quantitative estimate of drug-likeness (QED) is 0.138. The van der Waals surface area contributed by atoms with E-state index in [0.717, 1.165) is 16.8 Å². The van der Waals surface area contributed by atoms with Gasteiger partial charge in [0.25, 0.3) is 0 Å². The fourth-order valence-corrected chi connectivity index (χ4v) is 3.54. The van der Waals surface area contributed by atoms with Crippen LogP contribution in [0.2, 0.25) is 0 Å². The number of carbonyl (C=O) groups is 1. The molecule has 0 atom stereocenters. The van der Waals surface area contributed by atoms with Crippen molar-refractivity contribution >= 4 is 17.5 Å². The van der Waals surface area contributed by atoms with Crippen LogP contribution < -0.4 is 9.47 Å². The van der Waals surface area contributed by atoms with Crippen LogP contribution >= 0.6 is 0 Å². The van der Waals surface area contributed by atoms with Gasteiger partial charge in [0, 0.05) is 35.3 Å². The Morgan fingerprint density at radius 2 is 1.86 bits per heavy atom. The lowest BCUT2D eigenvalue weighted by Crippen LogP contribution is -2.02. The zero-order valence-electron chi connectivity index (χ0n) is 19.3. The molecule has 1 aromatic heterocycles. The average Bonchev–Trinajstić information content (AvgIpc) is 3.41. The Morgan fingerprint density at radius 1 is 1.09 bits per heavy atom. The number of hydrogen-bond donors (Lipinski definition) is 0. The van der Waals surface area contributed by atoms with Crippen molar-refractivity contribution in [1.82, 2.24) is 9.55 Å². The Labute approximate surface area is 202 Å². The second-order valence-corrected chi connectivity index (χ2v) is 7.80. The molecule has 8 heteroatoms. The van der Waals surface area contributed by atoms with E-state index in [1.165, 1.54) is 12.1 Å². The predicted octanol–water partition coefficient (Wildman–Crippen LogP) is 5.57. The summed E-state index contributed by atoms with van der Waals surface area (Å²) in [6, 6.07) is 17.5.